The van der Waals surface area contributed by atoms with E-state index in [9.17, 15) is 22.8 Å². The fourth-order valence-corrected chi connectivity index (χ4v) is 3.27. The topological polar surface area (TPSA) is 76.9 Å². The van der Waals surface area contributed by atoms with E-state index in [0.717, 1.165) is 12.1 Å². The Bertz CT molecular complexity index is 1360. The van der Waals surface area contributed by atoms with Gasteiger partial charge in [0.15, 0.2) is 5.65 Å². The van der Waals surface area contributed by atoms with E-state index >= 15 is 0 Å². The molecule has 32 heavy (non-hydrogen) atoms. The van der Waals surface area contributed by atoms with E-state index in [2.05, 4.69) is 15.3 Å². The first kappa shape index (κ1) is 21.2. The van der Waals surface area contributed by atoms with Crippen LogP contribution in [0.2, 0.25) is 0 Å². The first-order valence-electron chi connectivity index (χ1n) is 9.60. The summed E-state index contributed by atoms with van der Waals surface area (Å²) in [5.74, 6) is -0.447. The first-order chi connectivity index (χ1) is 15.2. The lowest BCUT2D eigenvalue weighted by molar-refractivity contribution is -0.137. The number of nitrogens with one attached hydrogen (secondary N) is 1. The van der Waals surface area contributed by atoms with Gasteiger partial charge in [-0.3, -0.25) is 14.2 Å². The molecule has 0 saturated carbocycles. The molecule has 0 radical (unpaired) electrons. The highest BCUT2D eigenvalue weighted by atomic mass is 19.4. The molecule has 0 aliphatic carbocycles. The SMILES string of the molecule is Cn1c(=O)c(-c2ccc(C(=O)NCc3cccc(C(F)(F)F)c3)cc2)nc2cccnc21. The lowest BCUT2D eigenvalue weighted by atomic mass is 10.1. The number of halogens is 3. The molecule has 2 aromatic carbocycles. The molecule has 0 atom stereocenters. The number of hydrogen-bond acceptors (Lipinski definition) is 4. The standard InChI is InChI=1S/C23H17F3N4O2/c1-30-20-18(6-3-11-27-20)29-19(22(30)32)15-7-9-16(10-8-15)21(31)28-13-14-4-2-5-17(12-14)23(24,25)26/h2-12H,13H2,1H3,(H,28,31). The van der Waals surface area contributed by atoms with Gasteiger partial charge in [-0.15, -0.1) is 0 Å². The molecule has 0 bridgehead atoms. The second-order valence-corrected chi connectivity index (χ2v) is 7.13. The molecule has 0 unspecified atom stereocenters. The van der Waals surface area contributed by atoms with Crippen molar-refractivity contribution in [3.05, 3.63) is 93.9 Å². The van der Waals surface area contributed by atoms with Gasteiger partial charge in [-0.2, -0.15) is 13.2 Å². The lowest BCUT2D eigenvalue weighted by Crippen LogP contribution is -2.23. The molecule has 4 aromatic rings. The third-order valence-corrected chi connectivity index (χ3v) is 4.95. The Kier molecular flexibility index (Phi) is 5.48. The number of benzene rings is 2. The summed E-state index contributed by atoms with van der Waals surface area (Å²) in [7, 11) is 1.61. The van der Waals surface area contributed by atoms with Crippen molar-refractivity contribution in [2.45, 2.75) is 12.7 Å². The van der Waals surface area contributed by atoms with Crippen molar-refractivity contribution in [2.75, 3.05) is 0 Å². The summed E-state index contributed by atoms with van der Waals surface area (Å²) in [6, 6.07) is 14.5. The van der Waals surface area contributed by atoms with Gasteiger partial charge < -0.3 is 5.32 Å². The third kappa shape index (κ3) is 4.22. The van der Waals surface area contributed by atoms with Gasteiger partial charge in [0.25, 0.3) is 11.5 Å². The Morgan fingerprint density at radius 3 is 2.53 bits per heavy atom. The predicted octanol–water partition coefficient (Wildman–Crippen LogP) is 3.94. The molecule has 0 spiro atoms. The quantitative estimate of drug-likeness (QED) is 0.524. The van der Waals surface area contributed by atoms with Crippen LogP contribution in [0, 0.1) is 0 Å². The Morgan fingerprint density at radius 2 is 1.81 bits per heavy atom. The summed E-state index contributed by atoms with van der Waals surface area (Å²) in [6.45, 7) is -0.0513. The highest BCUT2D eigenvalue weighted by molar-refractivity contribution is 5.94. The zero-order chi connectivity index (χ0) is 22.9. The summed E-state index contributed by atoms with van der Waals surface area (Å²) < 4.78 is 39.9. The Hall–Kier alpha value is -4.01. The Labute approximate surface area is 180 Å². The van der Waals surface area contributed by atoms with Crippen molar-refractivity contribution in [3.63, 3.8) is 0 Å². The maximum Gasteiger partial charge on any atom is 0.416 e. The molecule has 0 fully saturated rings. The normalized spacial score (nSPS) is 11.5. The summed E-state index contributed by atoms with van der Waals surface area (Å²) in [5.41, 5.74) is 1.34. The van der Waals surface area contributed by atoms with Crippen LogP contribution in [0.25, 0.3) is 22.4 Å². The molecule has 1 N–H and O–H groups in total. The summed E-state index contributed by atoms with van der Waals surface area (Å²) >= 11 is 0. The molecular weight excluding hydrogens is 421 g/mol. The predicted molar refractivity (Wildman–Crippen MR) is 113 cm³/mol. The van der Waals surface area contributed by atoms with Crippen LogP contribution in [0.4, 0.5) is 13.2 Å². The molecule has 0 saturated heterocycles. The minimum absolute atomic E-state index is 0.0513. The van der Waals surface area contributed by atoms with Crippen LogP contribution in [0.3, 0.4) is 0 Å². The van der Waals surface area contributed by atoms with Crippen molar-refractivity contribution < 1.29 is 18.0 Å². The van der Waals surface area contributed by atoms with Crippen molar-refractivity contribution in [1.29, 1.82) is 0 Å². The van der Waals surface area contributed by atoms with Gasteiger partial charge in [-0.05, 0) is 42.0 Å². The second kappa shape index (κ2) is 8.26. The second-order valence-electron chi connectivity index (χ2n) is 7.13. The van der Waals surface area contributed by atoms with Crippen LogP contribution in [-0.4, -0.2) is 20.4 Å². The summed E-state index contributed by atoms with van der Waals surface area (Å²) in [6.07, 6.45) is -2.87. The van der Waals surface area contributed by atoms with Gasteiger partial charge in [0.1, 0.15) is 11.2 Å². The number of aryl methyl sites for hydroxylation is 1. The van der Waals surface area contributed by atoms with Gasteiger partial charge in [0, 0.05) is 30.9 Å². The smallest absolute Gasteiger partial charge is 0.348 e. The minimum atomic E-state index is -4.44. The molecule has 6 nitrogen and oxygen atoms in total. The number of nitrogens with zero attached hydrogens (tertiary/aromatic N) is 3. The number of carbonyl (C=O) groups excluding carboxylic acids is 1. The molecule has 2 aromatic heterocycles. The van der Waals surface area contributed by atoms with Crippen LogP contribution in [-0.2, 0) is 19.8 Å². The van der Waals surface area contributed by atoms with E-state index in [1.54, 1.807) is 37.5 Å². The van der Waals surface area contributed by atoms with Gasteiger partial charge in [-0.1, -0.05) is 24.3 Å². The van der Waals surface area contributed by atoms with Crippen LogP contribution in [0.15, 0.2) is 71.7 Å². The molecule has 4 rings (SSSR count). The van der Waals surface area contributed by atoms with Crippen molar-refractivity contribution >= 4 is 17.1 Å². The van der Waals surface area contributed by atoms with E-state index < -0.39 is 17.6 Å². The number of aromatic nitrogens is 3. The lowest BCUT2D eigenvalue weighted by Gasteiger charge is -2.10. The van der Waals surface area contributed by atoms with E-state index in [0.29, 0.717) is 27.9 Å². The maximum absolute atomic E-state index is 12.8. The fourth-order valence-electron chi connectivity index (χ4n) is 3.27. The van der Waals surface area contributed by atoms with E-state index in [-0.39, 0.29) is 17.8 Å². The number of alkyl halides is 3. The molecule has 162 valence electrons. The zero-order valence-electron chi connectivity index (χ0n) is 16.8. The number of carbonyl (C=O) groups is 1. The highest BCUT2D eigenvalue weighted by Crippen LogP contribution is 2.29. The van der Waals surface area contributed by atoms with Crippen molar-refractivity contribution in [3.8, 4) is 11.3 Å². The van der Waals surface area contributed by atoms with Crippen molar-refractivity contribution in [1.82, 2.24) is 19.9 Å². The molecule has 0 aliphatic heterocycles. The monoisotopic (exact) mass is 438 g/mol. The van der Waals surface area contributed by atoms with Gasteiger partial charge in [-0.25, -0.2) is 9.97 Å². The minimum Gasteiger partial charge on any atom is -0.348 e. The number of fused-ring (bicyclic) bond motifs is 1. The van der Waals surface area contributed by atoms with Gasteiger partial charge >= 0.3 is 6.18 Å². The zero-order valence-corrected chi connectivity index (χ0v) is 16.8. The van der Waals surface area contributed by atoms with Crippen LogP contribution in [0.5, 0.6) is 0 Å². The Morgan fingerprint density at radius 1 is 1.06 bits per heavy atom. The maximum atomic E-state index is 12.8. The van der Waals surface area contributed by atoms with Crippen LogP contribution in [0.1, 0.15) is 21.5 Å². The van der Waals surface area contributed by atoms with Gasteiger partial charge in [0.05, 0.1) is 5.56 Å². The van der Waals surface area contributed by atoms with E-state index in [4.69, 9.17) is 0 Å². The molecule has 1 amide bonds. The largest absolute Gasteiger partial charge is 0.416 e. The number of amides is 1. The average molecular weight is 438 g/mol. The Balaban J connectivity index is 1.52. The summed E-state index contributed by atoms with van der Waals surface area (Å²) in [5, 5.41) is 2.60. The third-order valence-electron chi connectivity index (χ3n) is 4.95. The van der Waals surface area contributed by atoms with Crippen LogP contribution < -0.4 is 10.9 Å². The molecule has 0 aliphatic rings. The summed E-state index contributed by atoms with van der Waals surface area (Å²) in [4.78, 5) is 33.6. The number of pyridine rings is 1. The first-order valence-corrected chi connectivity index (χ1v) is 9.60. The van der Waals surface area contributed by atoms with Crippen LogP contribution >= 0.6 is 0 Å². The molecular formula is C23H17F3N4O2. The van der Waals surface area contributed by atoms with Gasteiger partial charge in [0.2, 0.25) is 0 Å². The number of hydrogen-bond donors (Lipinski definition) is 1. The average Bonchev–Trinajstić information content (AvgIpc) is 2.79. The number of rotatable bonds is 4. The molecule has 9 heteroatoms. The fraction of sp³-hybridized carbons (Fsp3) is 0.130. The molecule has 2 heterocycles. The van der Waals surface area contributed by atoms with Crippen molar-refractivity contribution in [2.24, 2.45) is 7.05 Å². The van der Waals surface area contributed by atoms with E-state index in [1.807, 2.05) is 0 Å². The van der Waals surface area contributed by atoms with E-state index in [1.165, 1.54) is 28.8 Å². The highest BCUT2D eigenvalue weighted by Gasteiger charge is 2.30.